The summed E-state index contributed by atoms with van der Waals surface area (Å²) in [5.74, 6) is -1.51. The van der Waals surface area contributed by atoms with Crippen LogP contribution in [0.2, 0.25) is 5.02 Å². The molecular formula is C39H45ClF3N9O6. The number of imidazole rings is 1. The average molecular weight is 828 g/mol. The van der Waals surface area contributed by atoms with E-state index in [-0.39, 0.29) is 70.7 Å². The Labute approximate surface area is 337 Å². The summed E-state index contributed by atoms with van der Waals surface area (Å²) in [4.78, 5) is 61.1. The Morgan fingerprint density at radius 3 is 2.34 bits per heavy atom. The number of hydrogen-bond acceptors (Lipinski definition) is 9. The summed E-state index contributed by atoms with van der Waals surface area (Å²) in [5.41, 5.74) is -0.650. The second-order valence-electron chi connectivity index (χ2n) is 14.4. The Hall–Kier alpha value is -5.46. The van der Waals surface area contributed by atoms with Gasteiger partial charge in [-0.05, 0) is 67.8 Å². The number of carboxylic acid groups (broad SMARTS) is 1. The van der Waals surface area contributed by atoms with Gasteiger partial charge in [-0.1, -0.05) is 18.5 Å². The number of benzene rings is 2. The van der Waals surface area contributed by atoms with Gasteiger partial charge in [0.25, 0.3) is 11.8 Å². The highest BCUT2D eigenvalue weighted by molar-refractivity contribution is 6.34. The fourth-order valence-corrected chi connectivity index (χ4v) is 7.39. The Morgan fingerprint density at radius 2 is 1.76 bits per heavy atom. The molecule has 2 saturated heterocycles. The summed E-state index contributed by atoms with van der Waals surface area (Å²) < 4.78 is 49.9. The van der Waals surface area contributed by atoms with Crippen LogP contribution in [0, 0.1) is 11.8 Å². The predicted molar refractivity (Wildman–Crippen MR) is 208 cm³/mol. The highest BCUT2D eigenvalue weighted by Crippen LogP contribution is 2.37. The molecule has 2 aliphatic heterocycles. The molecule has 0 aliphatic carbocycles. The number of anilines is 1. The number of carboxylic acids is 1. The smallest absolute Gasteiger partial charge is 0.435 e. The molecule has 4 aromatic rings. The molecular weight excluding hydrogens is 783 g/mol. The molecule has 3 amide bonds. The zero-order valence-corrected chi connectivity index (χ0v) is 33.0. The lowest BCUT2D eigenvalue weighted by atomic mass is 9.98. The number of nitrogens with zero attached hydrogens (tertiary/aromatic N) is 7. The van der Waals surface area contributed by atoms with Gasteiger partial charge in [-0.3, -0.25) is 24.1 Å². The van der Waals surface area contributed by atoms with E-state index in [0.717, 1.165) is 24.0 Å². The van der Waals surface area contributed by atoms with Gasteiger partial charge in [-0.25, -0.2) is 9.67 Å². The van der Waals surface area contributed by atoms with Crippen molar-refractivity contribution in [2.45, 2.75) is 25.9 Å². The lowest BCUT2D eigenvalue weighted by Crippen LogP contribution is -2.52. The largest absolute Gasteiger partial charge is 0.497 e. The molecule has 58 heavy (non-hydrogen) atoms. The van der Waals surface area contributed by atoms with Crippen molar-refractivity contribution in [2.75, 3.05) is 71.3 Å². The van der Waals surface area contributed by atoms with E-state index in [1.54, 1.807) is 34.1 Å². The van der Waals surface area contributed by atoms with Crippen molar-refractivity contribution in [3.8, 4) is 22.7 Å². The number of nitrogens with one attached hydrogen (secondary N) is 2. The lowest BCUT2D eigenvalue weighted by molar-refractivity contribution is -0.141. The first-order valence-electron chi connectivity index (χ1n) is 18.8. The fraction of sp³-hybridized carbons (Fsp3) is 0.436. The van der Waals surface area contributed by atoms with Crippen LogP contribution in [0.5, 0.6) is 5.75 Å². The van der Waals surface area contributed by atoms with E-state index in [0.29, 0.717) is 56.4 Å². The number of hydrogen-bond donors (Lipinski definition) is 3. The number of aromatic nitrogens is 4. The Bertz CT molecular complexity index is 2130. The van der Waals surface area contributed by atoms with Crippen LogP contribution in [0.15, 0.2) is 54.9 Å². The number of aliphatic carboxylic acids is 1. The third-order valence-electron chi connectivity index (χ3n) is 10.5. The van der Waals surface area contributed by atoms with Crippen LogP contribution < -0.4 is 15.4 Å². The highest BCUT2D eigenvalue weighted by atomic mass is 35.5. The third kappa shape index (κ3) is 9.62. The van der Waals surface area contributed by atoms with E-state index >= 15 is 0 Å². The number of ether oxygens (including phenoxy) is 1. The van der Waals surface area contributed by atoms with Crippen molar-refractivity contribution in [2.24, 2.45) is 18.9 Å². The zero-order chi connectivity index (χ0) is 41.7. The molecule has 0 spiro atoms. The van der Waals surface area contributed by atoms with Crippen LogP contribution in [-0.4, -0.2) is 129 Å². The minimum absolute atomic E-state index is 0.00257. The second-order valence-corrected chi connectivity index (χ2v) is 14.8. The molecule has 6 rings (SSSR count). The molecule has 3 N–H and O–H groups in total. The number of carbonyl (C=O) groups excluding carboxylic acids is 3. The van der Waals surface area contributed by atoms with Gasteiger partial charge in [0, 0.05) is 70.7 Å². The maximum absolute atomic E-state index is 14.1. The summed E-state index contributed by atoms with van der Waals surface area (Å²) in [6.45, 7) is 5.99. The number of halogens is 4. The summed E-state index contributed by atoms with van der Waals surface area (Å²) in [5, 5.41) is 19.1. The van der Waals surface area contributed by atoms with Crippen molar-refractivity contribution < 1.29 is 42.2 Å². The van der Waals surface area contributed by atoms with Crippen LogP contribution in [0.25, 0.3) is 16.9 Å². The van der Waals surface area contributed by atoms with Gasteiger partial charge in [0.05, 0.1) is 47.4 Å². The van der Waals surface area contributed by atoms with Gasteiger partial charge in [-0.2, -0.15) is 18.3 Å². The molecule has 19 heteroatoms. The molecule has 2 aromatic carbocycles. The molecule has 310 valence electrons. The maximum Gasteiger partial charge on any atom is 0.435 e. The third-order valence-corrected chi connectivity index (χ3v) is 10.8. The van der Waals surface area contributed by atoms with Crippen LogP contribution in [0.3, 0.4) is 0 Å². The van der Waals surface area contributed by atoms with E-state index < -0.39 is 23.7 Å². The summed E-state index contributed by atoms with van der Waals surface area (Å²) in [6, 6.07) is 10.7. The van der Waals surface area contributed by atoms with Gasteiger partial charge in [0.1, 0.15) is 5.75 Å². The molecule has 4 heterocycles. The molecule has 0 radical (unpaired) electrons. The van der Waals surface area contributed by atoms with Gasteiger partial charge >= 0.3 is 12.1 Å². The zero-order valence-electron chi connectivity index (χ0n) is 32.3. The summed E-state index contributed by atoms with van der Waals surface area (Å²) in [6.07, 6.45) is -1.28. The van der Waals surface area contributed by atoms with Gasteiger partial charge in [0.2, 0.25) is 5.91 Å². The maximum atomic E-state index is 14.1. The number of rotatable bonds is 15. The number of piperazine rings is 1. The first-order valence-corrected chi connectivity index (χ1v) is 19.2. The van der Waals surface area contributed by atoms with Gasteiger partial charge < -0.3 is 34.8 Å². The molecule has 15 nitrogen and oxygen atoms in total. The van der Waals surface area contributed by atoms with Crippen LogP contribution in [0.4, 0.5) is 18.9 Å². The first-order chi connectivity index (χ1) is 27.7. The summed E-state index contributed by atoms with van der Waals surface area (Å²) in [7, 11) is 2.89. The van der Waals surface area contributed by atoms with E-state index in [4.69, 9.17) is 16.3 Å². The van der Waals surface area contributed by atoms with Crippen molar-refractivity contribution in [1.82, 2.24) is 39.3 Å². The molecule has 1 atom stereocenters. The van der Waals surface area contributed by atoms with Gasteiger partial charge in [0.15, 0.2) is 11.5 Å². The number of methoxy groups -OCH3 is 1. The fourth-order valence-electron chi connectivity index (χ4n) is 7.13. The van der Waals surface area contributed by atoms with E-state index in [1.165, 1.54) is 43.1 Å². The van der Waals surface area contributed by atoms with Crippen LogP contribution in [-0.2, 0) is 22.8 Å². The molecule has 2 aromatic heterocycles. The minimum atomic E-state index is -4.81. The Balaban J connectivity index is 1.06. The molecule has 1 unspecified atom stereocenters. The highest BCUT2D eigenvalue weighted by Gasteiger charge is 2.39. The lowest BCUT2D eigenvalue weighted by Gasteiger charge is -2.37. The number of amides is 3. The van der Waals surface area contributed by atoms with Crippen molar-refractivity contribution in [1.29, 1.82) is 0 Å². The van der Waals surface area contributed by atoms with Crippen LogP contribution in [0.1, 0.15) is 46.4 Å². The molecule has 0 bridgehead atoms. The minimum Gasteiger partial charge on any atom is -0.497 e. The average Bonchev–Trinajstić information content (AvgIpc) is 3.80. The predicted octanol–water partition coefficient (Wildman–Crippen LogP) is 4.51. The Kier molecular flexibility index (Phi) is 13.1. The second kappa shape index (κ2) is 18.0. The monoisotopic (exact) mass is 827 g/mol. The van der Waals surface area contributed by atoms with E-state index in [1.807, 2.05) is 11.8 Å². The molecule has 2 aliphatic rings. The standard InChI is InChI=1S/C39H45ClF3N9O6/c1-4-25(11-12-49(23-33(53)54)21-24-18-44-19-24)37(56)50-13-15-51(16-14-50)38(57)29-10-5-26(17-31(29)40)46-36(55)35-45-20-32(48(35)2)30-22-52(47-34(30)39(41,42)43)27-6-8-28(58-3)9-7-27/h5-10,17,20,22,24-25,44H,4,11-16,18-19,21,23H2,1-3H3,(H,46,55)(H,53,54). The Morgan fingerprint density at radius 1 is 1.07 bits per heavy atom. The van der Waals surface area contributed by atoms with E-state index in [2.05, 4.69) is 20.7 Å². The SMILES string of the molecule is CCC(CCN(CC(=O)O)CC1CNC1)C(=O)N1CCN(C(=O)c2ccc(NC(=O)c3ncc(-c4cn(-c5ccc(OC)cc5)nc4C(F)(F)F)n3C)cc2Cl)CC1. The van der Waals surface area contributed by atoms with Crippen LogP contribution >= 0.6 is 11.6 Å². The first kappa shape index (κ1) is 42.2. The normalized spacial score (nSPS) is 15.3. The molecule has 2 fully saturated rings. The summed E-state index contributed by atoms with van der Waals surface area (Å²) >= 11 is 6.54. The quantitative estimate of drug-likeness (QED) is 0.155. The topological polar surface area (TPSA) is 167 Å². The molecule has 0 saturated carbocycles. The number of carbonyl (C=O) groups is 4. The van der Waals surface area contributed by atoms with Gasteiger partial charge in [-0.15, -0.1) is 0 Å². The number of alkyl halides is 3. The van der Waals surface area contributed by atoms with Crippen molar-refractivity contribution in [3.05, 3.63) is 77.0 Å². The van der Waals surface area contributed by atoms with Crippen molar-refractivity contribution in [3.63, 3.8) is 0 Å². The van der Waals surface area contributed by atoms with Crippen molar-refractivity contribution >= 4 is 41.0 Å². The van der Waals surface area contributed by atoms with E-state index in [9.17, 15) is 37.5 Å².